The van der Waals surface area contributed by atoms with Crippen molar-refractivity contribution in [2.75, 3.05) is 32.9 Å². The van der Waals surface area contributed by atoms with Gasteiger partial charge in [-0.3, -0.25) is 0 Å². The van der Waals surface area contributed by atoms with Crippen molar-refractivity contribution in [3.05, 3.63) is 24.3 Å². The zero-order valence-electron chi connectivity index (χ0n) is 13.4. The summed E-state index contributed by atoms with van der Waals surface area (Å²) in [4.78, 5) is 13.4. The molecule has 0 bridgehead atoms. The minimum Gasteiger partial charge on any atom is -0.490 e. The van der Waals surface area contributed by atoms with Crippen LogP contribution in [0.25, 0.3) is 0 Å². The van der Waals surface area contributed by atoms with Crippen LogP contribution in [0.3, 0.4) is 0 Å². The van der Waals surface area contributed by atoms with Crippen molar-refractivity contribution in [2.45, 2.75) is 25.5 Å². The number of morpholine rings is 1. The molecule has 2 rings (SSSR count). The van der Waals surface area contributed by atoms with E-state index < -0.39 is 11.7 Å². The van der Waals surface area contributed by atoms with Crippen molar-refractivity contribution in [3.63, 3.8) is 0 Å². The van der Waals surface area contributed by atoms with Crippen molar-refractivity contribution in [2.24, 2.45) is 0 Å². The molecule has 0 N–H and O–H groups in total. The van der Waals surface area contributed by atoms with Gasteiger partial charge in [0.2, 0.25) is 0 Å². The maximum atomic E-state index is 11.9. The van der Waals surface area contributed by atoms with Crippen molar-refractivity contribution in [1.82, 2.24) is 4.90 Å². The fraction of sp³-hybridized carbons (Fsp3) is 0.562. The number of hydrogen-bond donors (Lipinski definition) is 0. The molecule has 1 aromatic carbocycles. The van der Waals surface area contributed by atoms with E-state index in [9.17, 15) is 4.79 Å². The van der Waals surface area contributed by atoms with Gasteiger partial charge in [-0.2, -0.15) is 0 Å². The van der Waals surface area contributed by atoms with Crippen molar-refractivity contribution >= 4 is 17.7 Å². The zero-order valence-corrected chi connectivity index (χ0v) is 14.1. The minimum atomic E-state index is -0.655. The second-order valence-corrected chi connectivity index (χ2v) is 5.67. The van der Waals surface area contributed by atoms with Gasteiger partial charge in [-0.05, 0) is 26.0 Å². The van der Waals surface area contributed by atoms with E-state index >= 15 is 0 Å². The summed E-state index contributed by atoms with van der Waals surface area (Å²) in [6.45, 7) is 5.73. The third kappa shape index (κ3) is 5.48. The fourth-order valence-corrected chi connectivity index (χ4v) is 2.30. The molecule has 0 saturated carbocycles. The molecule has 1 saturated heterocycles. The molecule has 0 spiro atoms. The first-order valence-electron chi connectivity index (χ1n) is 7.66. The van der Waals surface area contributed by atoms with Gasteiger partial charge in [0.1, 0.15) is 12.7 Å². The van der Waals surface area contributed by atoms with Gasteiger partial charge in [-0.1, -0.05) is 23.7 Å². The number of nitrogens with zero attached hydrogens (tertiary/aromatic N) is 1. The van der Waals surface area contributed by atoms with Crippen molar-refractivity contribution in [3.8, 4) is 11.5 Å². The van der Waals surface area contributed by atoms with Crippen LogP contribution in [0.15, 0.2) is 24.3 Å². The maximum Gasteiger partial charge on any atom is 0.411 e. The molecule has 6 nitrogen and oxygen atoms in total. The summed E-state index contributed by atoms with van der Waals surface area (Å²) in [6.07, 6.45) is -0.660. The summed E-state index contributed by atoms with van der Waals surface area (Å²) in [6, 6.07) is 7.46. The number of amides is 1. The van der Waals surface area contributed by atoms with Crippen molar-refractivity contribution in [1.29, 1.82) is 0 Å². The highest BCUT2D eigenvalue weighted by atomic mass is 35.5. The predicted octanol–water partition coefficient (Wildman–Crippen LogP) is 2.89. The molecule has 1 aliphatic heterocycles. The molecule has 2 unspecified atom stereocenters. The lowest BCUT2D eigenvalue weighted by atomic mass is 10.3. The molecular formula is C16H22ClNO5. The quantitative estimate of drug-likeness (QED) is 0.743. The minimum absolute atomic E-state index is 0.225. The lowest BCUT2D eigenvalue weighted by Gasteiger charge is -2.32. The van der Waals surface area contributed by atoms with E-state index in [0.717, 1.165) is 0 Å². The normalized spacial score (nSPS) is 19.1. The number of hydrogen-bond acceptors (Lipinski definition) is 5. The van der Waals surface area contributed by atoms with Crippen LogP contribution in [-0.4, -0.2) is 55.6 Å². The molecule has 1 fully saturated rings. The molecule has 1 amide bonds. The Bertz CT molecular complexity index is 511. The van der Waals surface area contributed by atoms with Gasteiger partial charge in [0.25, 0.3) is 0 Å². The van der Waals surface area contributed by atoms with Gasteiger partial charge in [0, 0.05) is 6.54 Å². The van der Waals surface area contributed by atoms with Crippen LogP contribution in [0.4, 0.5) is 4.79 Å². The fourth-order valence-electron chi connectivity index (χ4n) is 2.23. The third-order valence-electron chi connectivity index (χ3n) is 3.23. The highest BCUT2D eigenvalue weighted by Crippen LogP contribution is 2.26. The average molecular weight is 344 g/mol. The molecule has 0 aliphatic carbocycles. The molecule has 0 aromatic heterocycles. The van der Waals surface area contributed by atoms with Crippen LogP contribution < -0.4 is 9.47 Å². The zero-order chi connectivity index (χ0) is 16.7. The van der Waals surface area contributed by atoms with E-state index in [0.29, 0.717) is 44.4 Å². The molecule has 7 heteroatoms. The highest BCUT2D eigenvalue weighted by molar-refractivity contribution is 6.19. The van der Waals surface area contributed by atoms with Gasteiger partial charge in [-0.15, -0.1) is 0 Å². The molecule has 128 valence electrons. The number of rotatable bonds is 6. The van der Waals surface area contributed by atoms with E-state index in [-0.39, 0.29) is 6.10 Å². The Balaban J connectivity index is 1.87. The summed E-state index contributed by atoms with van der Waals surface area (Å²) in [5.41, 5.74) is -0.655. The van der Waals surface area contributed by atoms with Crippen LogP contribution in [-0.2, 0) is 9.47 Å². The Morgan fingerprint density at radius 3 is 2.74 bits per heavy atom. The summed E-state index contributed by atoms with van der Waals surface area (Å²) >= 11 is 5.68. The SMILES string of the molecule is CCOc1ccccc1OCC1CN(C(=O)OC(C)Cl)CCO1. The monoisotopic (exact) mass is 343 g/mol. The summed E-state index contributed by atoms with van der Waals surface area (Å²) in [5, 5.41) is 0. The number of ether oxygens (including phenoxy) is 4. The van der Waals surface area contributed by atoms with Crippen LogP contribution >= 0.6 is 11.6 Å². The lowest BCUT2D eigenvalue weighted by Crippen LogP contribution is -2.48. The molecule has 1 aromatic rings. The molecule has 23 heavy (non-hydrogen) atoms. The van der Waals surface area contributed by atoms with Crippen LogP contribution in [0, 0.1) is 0 Å². The number of halogens is 1. The maximum absolute atomic E-state index is 11.9. The summed E-state index contributed by atoms with van der Waals surface area (Å²) in [5.74, 6) is 1.35. The molecule has 1 heterocycles. The Labute approximate surface area is 141 Å². The van der Waals surface area contributed by atoms with Gasteiger partial charge < -0.3 is 23.8 Å². The lowest BCUT2D eigenvalue weighted by molar-refractivity contribution is -0.0462. The number of benzene rings is 1. The first kappa shape index (κ1) is 17.7. The van der Waals surface area contributed by atoms with Gasteiger partial charge in [-0.25, -0.2) is 4.79 Å². The first-order chi connectivity index (χ1) is 11.1. The second kappa shape index (κ2) is 8.84. The summed E-state index contributed by atoms with van der Waals surface area (Å²) in [7, 11) is 0. The van der Waals surface area contributed by atoms with Gasteiger partial charge in [0.15, 0.2) is 17.1 Å². The van der Waals surface area contributed by atoms with Gasteiger partial charge in [0.05, 0.1) is 19.8 Å². The number of carbonyl (C=O) groups excluding carboxylic acids is 1. The smallest absolute Gasteiger partial charge is 0.411 e. The van der Waals surface area contributed by atoms with Crippen LogP contribution in [0.2, 0.25) is 0 Å². The van der Waals surface area contributed by atoms with E-state index in [1.165, 1.54) is 0 Å². The number of carbonyl (C=O) groups is 1. The molecular weight excluding hydrogens is 322 g/mol. The Kier molecular flexibility index (Phi) is 6.80. The van der Waals surface area contributed by atoms with E-state index in [1.54, 1.807) is 11.8 Å². The second-order valence-electron chi connectivity index (χ2n) is 5.06. The average Bonchev–Trinajstić information content (AvgIpc) is 2.54. The number of para-hydroxylation sites is 2. The Hall–Kier alpha value is -1.66. The van der Waals surface area contributed by atoms with Crippen molar-refractivity contribution < 1.29 is 23.7 Å². The van der Waals surface area contributed by atoms with E-state index in [2.05, 4.69) is 0 Å². The molecule has 2 atom stereocenters. The third-order valence-corrected chi connectivity index (χ3v) is 3.32. The Morgan fingerprint density at radius 1 is 1.39 bits per heavy atom. The molecule has 1 aliphatic rings. The largest absolute Gasteiger partial charge is 0.490 e. The topological polar surface area (TPSA) is 57.2 Å². The number of alkyl halides is 1. The van der Waals surface area contributed by atoms with E-state index in [1.807, 2.05) is 31.2 Å². The Morgan fingerprint density at radius 2 is 2.09 bits per heavy atom. The standard InChI is InChI=1S/C16H22ClNO5/c1-3-20-14-6-4-5-7-15(14)22-11-13-10-18(8-9-21-13)16(19)23-12(2)17/h4-7,12-13H,3,8-11H2,1-2H3. The molecule has 0 radical (unpaired) electrons. The van der Waals surface area contributed by atoms with Gasteiger partial charge >= 0.3 is 6.09 Å². The highest BCUT2D eigenvalue weighted by Gasteiger charge is 2.26. The first-order valence-corrected chi connectivity index (χ1v) is 8.09. The van der Waals surface area contributed by atoms with E-state index in [4.69, 9.17) is 30.5 Å². The van der Waals surface area contributed by atoms with Crippen LogP contribution in [0.5, 0.6) is 11.5 Å². The van der Waals surface area contributed by atoms with Crippen LogP contribution in [0.1, 0.15) is 13.8 Å². The predicted molar refractivity (Wildman–Crippen MR) is 86.2 cm³/mol. The summed E-state index contributed by atoms with van der Waals surface area (Å²) < 4.78 is 21.9.